The van der Waals surface area contributed by atoms with Crippen LogP contribution in [0.25, 0.3) is 0 Å². The van der Waals surface area contributed by atoms with E-state index in [4.69, 9.17) is 5.26 Å². The molecule has 16 heavy (non-hydrogen) atoms. The number of hydrogen-bond donors (Lipinski definition) is 0. The highest BCUT2D eigenvalue weighted by Crippen LogP contribution is 2.13. The van der Waals surface area contributed by atoms with Crippen LogP contribution in [0, 0.1) is 11.3 Å². The molecule has 0 fully saturated rings. The van der Waals surface area contributed by atoms with E-state index >= 15 is 0 Å². The molecule has 1 aromatic rings. The Morgan fingerprint density at radius 2 is 2.19 bits per heavy atom. The van der Waals surface area contributed by atoms with Gasteiger partial charge in [0.2, 0.25) is 10.0 Å². The third-order valence-electron chi connectivity index (χ3n) is 2.08. The second kappa shape index (κ2) is 4.94. The second-order valence-corrected chi connectivity index (χ2v) is 5.42. The van der Waals surface area contributed by atoms with Crippen molar-refractivity contribution < 1.29 is 8.42 Å². The SMILES string of the molecule is CCCS(=O)(=O)N(C)c1ccc(C#N)cn1. The third kappa shape index (κ3) is 2.70. The van der Waals surface area contributed by atoms with Crippen LogP contribution in [0.2, 0.25) is 0 Å². The highest BCUT2D eigenvalue weighted by Gasteiger charge is 2.17. The molecule has 0 bridgehead atoms. The summed E-state index contributed by atoms with van der Waals surface area (Å²) in [6, 6.07) is 4.99. The molecule has 0 unspecified atom stereocenters. The molecule has 1 heterocycles. The van der Waals surface area contributed by atoms with Crippen molar-refractivity contribution in [3.8, 4) is 6.07 Å². The Hall–Kier alpha value is -1.61. The molecule has 0 aromatic carbocycles. The van der Waals surface area contributed by atoms with E-state index in [1.165, 1.54) is 19.3 Å². The van der Waals surface area contributed by atoms with E-state index in [1.807, 2.05) is 6.07 Å². The minimum atomic E-state index is -3.30. The second-order valence-electron chi connectivity index (χ2n) is 3.30. The molecule has 0 atom stereocenters. The molecule has 0 aliphatic carbocycles. The van der Waals surface area contributed by atoms with Crippen LogP contribution in [0.3, 0.4) is 0 Å². The molecule has 0 saturated heterocycles. The van der Waals surface area contributed by atoms with E-state index in [9.17, 15) is 8.42 Å². The van der Waals surface area contributed by atoms with E-state index in [1.54, 1.807) is 13.0 Å². The van der Waals surface area contributed by atoms with E-state index in [0.29, 0.717) is 17.8 Å². The zero-order chi connectivity index (χ0) is 12.2. The van der Waals surface area contributed by atoms with Crippen LogP contribution in [0.1, 0.15) is 18.9 Å². The number of nitrogens with zero attached hydrogens (tertiary/aromatic N) is 3. The van der Waals surface area contributed by atoms with Gasteiger partial charge >= 0.3 is 0 Å². The maximum Gasteiger partial charge on any atom is 0.236 e. The average molecular weight is 239 g/mol. The Morgan fingerprint density at radius 1 is 1.50 bits per heavy atom. The first-order valence-electron chi connectivity index (χ1n) is 4.84. The predicted octanol–water partition coefficient (Wildman–Crippen LogP) is 1.13. The van der Waals surface area contributed by atoms with Crippen molar-refractivity contribution in [1.29, 1.82) is 5.26 Å². The first-order chi connectivity index (χ1) is 7.51. The summed E-state index contributed by atoms with van der Waals surface area (Å²) in [4.78, 5) is 3.92. The lowest BCUT2D eigenvalue weighted by Gasteiger charge is -2.17. The number of sulfonamides is 1. The molecule has 1 aromatic heterocycles. The van der Waals surface area contributed by atoms with Gasteiger partial charge in [-0.25, -0.2) is 13.4 Å². The van der Waals surface area contributed by atoms with E-state index in [2.05, 4.69) is 4.98 Å². The summed E-state index contributed by atoms with van der Waals surface area (Å²) in [6.45, 7) is 1.80. The van der Waals surface area contributed by atoms with Gasteiger partial charge in [-0.3, -0.25) is 4.31 Å². The first-order valence-corrected chi connectivity index (χ1v) is 6.45. The standard InChI is InChI=1S/C10H13N3O2S/c1-3-6-16(14,15)13(2)10-5-4-9(7-11)8-12-10/h4-5,8H,3,6H2,1-2H3. The summed E-state index contributed by atoms with van der Waals surface area (Å²) in [5, 5.41) is 8.59. The predicted molar refractivity (Wildman–Crippen MR) is 61.4 cm³/mol. The molecule has 5 nitrogen and oxygen atoms in total. The van der Waals surface area contributed by atoms with Crippen molar-refractivity contribution in [2.24, 2.45) is 0 Å². The van der Waals surface area contributed by atoms with Gasteiger partial charge in [-0.05, 0) is 18.6 Å². The monoisotopic (exact) mass is 239 g/mol. The number of hydrogen-bond acceptors (Lipinski definition) is 4. The van der Waals surface area contributed by atoms with Gasteiger partial charge in [-0.15, -0.1) is 0 Å². The van der Waals surface area contributed by atoms with Gasteiger partial charge in [0.25, 0.3) is 0 Å². The number of rotatable bonds is 4. The average Bonchev–Trinajstić information content (AvgIpc) is 2.28. The van der Waals surface area contributed by atoms with E-state index in [-0.39, 0.29) is 5.75 Å². The van der Waals surface area contributed by atoms with Crippen LogP contribution in [-0.4, -0.2) is 26.2 Å². The smallest absolute Gasteiger partial charge is 0.236 e. The number of anilines is 1. The summed E-state index contributed by atoms with van der Waals surface area (Å²) in [7, 11) is -1.84. The molecule has 0 radical (unpaired) electrons. The topological polar surface area (TPSA) is 74.1 Å². The van der Waals surface area contributed by atoms with Gasteiger partial charge in [-0.1, -0.05) is 6.92 Å². The molecule has 6 heteroatoms. The maximum absolute atomic E-state index is 11.7. The van der Waals surface area contributed by atoms with Crippen molar-refractivity contribution in [2.45, 2.75) is 13.3 Å². The highest BCUT2D eigenvalue weighted by molar-refractivity contribution is 7.92. The normalized spacial score (nSPS) is 10.8. The quantitative estimate of drug-likeness (QED) is 0.789. The zero-order valence-corrected chi connectivity index (χ0v) is 10.0. The Morgan fingerprint density at radius 3 is 2.62 bits per heavy atom. The first kappa shape index (κ1) is 12.5. The van der Waals surface area contributed by atoms with Gasteiger partial charge in [0.05, 0.1) is 11.3 Å². The lowest BCUT2D eigenvalue weighted by molar-refractivity contribution is 0.592. The summed E-state index contributed by atoms with van der Waals surface area (Å²) < 4.78 is 24.5. The van der Waals surface area contributed by atoms with Gasteiger partial charge in [-0.2, -0.15) is 5.26 Å². The number of nitriles is 1. The third-order valence-corrected chi connectivity index (χ3v) is 4.02. The molecule has 0 amide bonds. The Kier molecular flexibility index (Phi) is 3.85. The van der Waals surface area contributed by atoms with Crippen molar-refractivity contribution in [1.82, 2.24) is 4.98 Å². The van der Waals surface area contributed by atoms with Gasteiger partial charge < -0.3 is 0 Å². The van der Waals surface area contributed by atoms with Crippen molar-refractivity contribution in [3.05, 3.63) is 23.9 Å². The maximum atomic E-state index is 11.7. The molecule has 1 rings (SSSR count). The van der Waals surface area contributed by atoms with Gasteiger partial charge in [0.15, 0.2) is 0 Å². The Balaban J connectivity index is 2.97. The minimum Gasteiger partial charge on any atom is -0.257 e. The summed E-state index contributed by atoms with van der Waals surface area (Å²) >= 11 is 0. The molecule has 0 aliphatic heterocycles. The summed E-state index contributed by atoms with van der Waals surface area (Å²) in [6.07, 6.45) is 1.91. The van der Waals surface area contributed by atoms with E-state index in [0.717, 1.165) is 4.31 Å². The lowest BCUT2D eigenvalue weighted by atomic mass is 10.3. The van der Waals surface area contributed by atoms with Crippen LogP contribution in [0.5, 0.6) is 0 Å². The van der Waals surface area contributed by atoms with Crippen molar-refractivity contribution >= 4 is 15.8 Å². The fourth-order valence-electron chi connectivity index (χ4n) is 1.18. The van der Waals surface area contributed by atoms with Gasteiger partial charge in [0.1, 0.15) is 11.9 Å². The molecular weight excluding hydrogens is 226 g/mol. The molecule has 0 saturated carbocycles. The van der Waals surface area contributed by atoms with Crippen molar-refractivity contribution in [3.63, 3.8) is 0 Å². The highest BCUT2D eigenvalue weighted by atomic mass is 32.2. The molecule has 0 spiro atoms. The summed E-state index contributed by atoms with van der Waals surface area (Å²) in [5.74, 6) is 0.415. The lowest BCUT2D eigenvalue weighted by Crippen LogP contribution is -2.29. The molecule has 0 N–H and O–H groups in total. The number of pyridine rings is 1. The molecule has 86 valence electrons. The fourth-order valence-corrected chi connectivity index (χ4v) is 2.36. The van der Waals surface area contributed by atoms with Crippen LogP contribution in [-0.2, 0) is 10.0 Å². The zero-order valence-electron chi connectivity index (χ0n) is 9.21. The van der Waals surface area contributed by atoms with Crippen molar-refractivity contribution in [2.75, 3.05) is 17.1 Å². The number of aromatic nitrogens is 1. The van der Waals surface area contributed by atoms with Crippen LogP contribution >= 0.6 is 0 Å². The minimum absolute atomic E-state index is 0.0885. The fraction of sp³-hybridized carbons (Fsp3) is 0.400. The Bertz CT molecular complexity index is 488. The largest absolute Gasteiger partial charge is 0.257 e. The summed E-state index contributed by atoms with van der Waals surface area (Å²) in [5.41, 5.74) is 0.407. The van der Waals surface area contributed by atoms with Crippen LogP contribution in [0.15, 0.2) is 18.3 Å². The molecular formula is C10H13N3O2S. The Labute approximate surface area is 95.4 Å². The van der Waals surface area contributed by atoms with E-state index < -0.39 is 10.0 Å². The van der Waals surface area contributed by atoms with Gasteiger partial charge in [0, 0.05) is 13.2 Å². The van der Waals surface area contributed by atoms with Crippen LogP contribution < -0.4 is 4.31 Å². The molecule has 0 aliphatic rings. The van der Waals surface area contributed by atoms with Crippen LogP contribution in [0.4, 0.5) is 5.82 Å².